The van der Waals surface area contributed by atoms with Gasteiger partial charge in [0.2, 0.25) is 0 Å². The number of para-hydroxylation sites is 1. The summed E-state index contributed by atoms with van der Waals surface area (Å²) in [5.41, 5.74) is 3.62. The molecule has 1 aromatic heterocycles. The second-order valence-electron chi connectivity index (χ2n) is 4.26. The van der Waals surface area contributed by atoms with Crippen molar-refractivity contribution in [1.29, 1.82) is 0 Å². The molecule has 0 unspecified atom stereocenters. The molecule has 1 aromatic carbocycles. The number of ketones is 1. The van der Waals surface area contributed by atoms with Gasteiger partial charge in [-0.25, -0.2) is 0 Å². The van der Waals surface area contributed by atoms with Gasteiger partial charge in [0.15, 0.2) is 0 Å². The number of carbonyl (C=O) groups excluding carboxylic acids is 1. The highest BCUT2D eigenvalue weighted by atomic mass is 16.1. The Hall–Kier alpha value is -1.57. The van der Waals surface area contributed by atoms with Crippen LogP contribution in [0, 0.1) is 6.92 Å². The standard InChI is InChI=1S/C14H17NO/c1-4-15-10(2)8-12-6-5-7-13(14(12)15)9-11(3)16/h5-8H,4,9H2,1-3H3. The third kappa shape index (κ3) is 1.75. The average Bonchev–Trinajstić information content (AvgIpc) is 2.53. The first-order valence-corrected chi connectivity index (χ1v) is 5.70. The summed E-state index contributed by atoms with van der Waals surface area (Å²) in [6.45, 7) is 6.84. The molecule has 0 saturated carbocycles. The monoisotopic (exact) mass is 215 g/mol. The zero-order chi connectivity index (χ0) is 11.7. The van der Waals surface area contributed by atoms with Gasteiger partial charge in [0.1, 0.15) is 5.78 Å². The van der Waals surface area contributed by atoms with E-state index < -0.39 is 0 Å². The van der Waals surface area contributed by atoms with Crippen LogP contribution in [0.1, 0.15) is 25.1 Å². The van der Waals surface area contributed by atoms with E-state index in [9.17, 15) is 4.79 Å². The normalized spacial score (nSPS) is 10.9. The third-order valence-electron chi connectivity index (χ3n) is 2.97. The van der Waals surface area contributed by atoms with Gasteiger partial charge >= 0.3 is 0 Å². The number of carbonyl (C=O) groups is 1. The molecule has 2 rings (SSSR count). The Labute approximate surface area is 95.9 Å². The van der Waals surface area contributed by atoms with E-state index in [1.54, 1.807) is 6.92 Å². The summed E-state index contributed by atoms with van der Waals surface area (Å²) in [6.07, 6.45) is 0.529. The van der Waals surface area contributed by atoms with Crippen LogP contribution in [0.25, 0.3) is 10.9 Å². The van der Waals surface area contributed by atoms with Crippen molar-refractivity contribution in [1.82, 2.24) is 4.57 Å². The first kappa shape index (κ1) is 10.9. The number of aryl methyl sites for hydroxylation is 2. The number of rotatable bonds is 3. The molecule has 0 amide bonds. The van der Waals surface area contributed by atoms with Crippen molar-refractivity contribution < 1.29 is 4.79 Å². The van der Waals surface area contributed by atoms with E-state index in [1.165, 1.54) is 16.6 Å². The molecule has 0 saturated heterocycles. The molecule has 0 aliphatic heterocycles. The van der Waals surface area contributed by atoms with Gasteiger partial charge in [0.25, 0.3) is 0 Å². The number of hydrogen-bond acceptors (Lipinski definition) is 1. The predicted molar refractivity (Wildman–Crippen MR) is 66.7 cm³/mol. The Morgan fingerprint density at radius 1 is 1.38 bits per heavy atom. The Kier molecular flexibility index (Phi) is 2.82. The summed E-state index contributed by atoms with van der Waals surface area (Å²) >= 11 is 0. The van der Waals surface area contributed by atoms with Gasteiger partial charge in [-0.15, -0.1) is 0 Å². The third-order valence-corrected chi connectivity index (χ3v) is 2.97. The van der Waals surface area contributed by atoms with Gasteiger partial charge in [0, 0.05) is 24.0 Å². The van der Waals surface area contributed by atoms with Crippen LogP contribution in [-0.4, -0.2) is 10.4 Å². The van der Waals surface area contributed by atoms with Crippen LogP contribution in [-0.2, 0) is 17.8 Å². The van der Waals surface area contributed by atoms with Crippen LogP contribution in [0.2, 0.25) is 0 Å². The summed E-state index contributed by atoms with van der Waals surface area (Å²) in [6, 6.07) is 8.37. The molecule has 0 bridgehead atoms. The van der Waals surface area contributed by atoms with E-state index in [-0.39, 0.29) is 5.78 Å². The van der Waals surface area contributed by atoms with Crippen molar-refractivity contribution in [3.63, 3.8) is 0 Å². The number of benzene rings is 1. The Balaban J connectivity index is 2.68. The fraction of sp³-hybridized carbons (Fsp3) is 0.357. The van der Waals surface area contributed by atoms with Gasteiger partial charge in [-0.05, 0) is 32.4 Å². The first-order chi connectivity index (χ1) is 7.63. The molecular weight excluding hydrogens is 198 g/mol. The molecule has 0 spiro atoms. The summed E-state index contributed by atoms with van der Waals surface area (Å²) in [5.74, 6) is 0.217. The Morgan fingerprint density at radius 3 is 2.75 bits per heavy atom. The van der Waals surface area contributed by atoms with Crippen molar-refractivity contribution >= 4 is 16.7 Å². The Bertz CT molecular complexity index is 537. The lowest BCUT2D eigenvalue weighted by atomic mass is 10.1. The number of nitrogens with zero attached hydrogens (tertiary/aromatic N) is 1. The summed E-state index contributed by atoms with van der Waals surface area (Å²) < 4.78 is 2.27. The van der Waals surface area contributed by atoms with Crippen molar-refractivity contribution in [2.24, 2.45) is 0 Å². The Morgan fingerprint density at radius 2 is 2.12 bits per heavy atom. The second kappa shape index (κ2) is 4.12. The molecule has 2 heteroatoms. The topological polar surface area (TPSA) is 22.0 Å². The highest BCUT2D eigenvalue weighted by Crippen LogP contribution is 2.23. The van der Waals surface area contributed by atoms with Crippen LogP contribution in [0.15, 0.2) is 24.3 Å². The smallest absolute Gasteiger partial charge is 0.134 e. The molecule has 0 aliphatic rings. The lowest BCUT2D eigenvalue weighted by molar-refractivity contribution is -0.116. The molecule has 16 heavy (non-hydrogen) atoms. The summed E-state index contributed by atoms with van der Waals surface area (Å²) in [7, 11) is 0. The molecule has 2 nitrogen and oxygen atoms in total. The SMILES string of the molecule is CCn1c(C)cc2cccc(CC(C)=O)c21. The molecular formula is C14H17NO. The maximum Gasteiger partial charge on any atom is 0.134 e. The average molecular weight is 215 g/mol. The van der Waals surface area contributed by atoms with E-state index in [2.05, 4.69) is 36.6 Å². The number of aromatic nitrogens is 1. The quantitative estimate of drug-likeness (QED) is 0.771. The van der Waals surface area contributed by atoms with E-state index in [1.807, 2.05) is 6.07 Å². The maximum absolute atomic E-state index is 11.3. The van der Waals surface area contributed by atoms with Gasteiger partial charge in [-0.1, -0.05) is 18.2 Å². The minimum absolute atomic E-state index is 0.217. The molecule has 1 heterocycles. The fourth-order valence-electron chi connectivity index (χ4n) is 2.35. The molecule has 0 N–H and O–H groups in total. The van der Waals surface area contributed by atoms with Crippen molar-refractivity contribution in [2.45, 2.75) is 33.7 Å². The van der Waals surface area contributed by atoms with Gasteiger partial charge in [-0.3, -0.25) is 4.79 Å². The van der Waals surface area contributed by atoms with Crippen molar-refractivity contribution in [2.75, 3.05) is 0 Å². The first-order valence-electron chi connectivity index (χ1n) is 5.70. The maximum atomic E-state index is 11.3. The highest BCUT2D eigenvalue weighted by Gasteiger charge is 2.09. The van der Waals surface area contributed by atoms with Gasteiger partial charge in [-0.2, -0.15) is 0 Å². The van der Waals surface area contributed by atoms with Crippen LogP contribution >= 0.6 is 0 Å². The second-order valence-corrected chi connectivity index (χ2v) is 4.26. The van der Waals surface area contributed by atoms with Crippen LogP contribution in [0.3, 0.4) is 0 Å². The lowest BCUT2D eigenvalue weighted by Gasteiger charge is -2.08. The number of Topliss-reactive ketones (excluding diaryl/α,β-unsaturated/α-hetero) is 1. The van der Waals surface area contributed by atoms with Gasteiger partial charge in [0.05, 0.1) is 5.52 Å². The zero-order valence-corrected chi connectivity index (χ0v) is 10.1. The predicted octanol–water partition coefficient (Wildman–Crippen LogP) is 3.10. The molecule has 0 aliphatic carbocycles. The molecule has 0 atom stereocenters. The molecule has 2 aromatic rings. The van der Waals surface area contributed by atoms with Crippen LogP contribution < -0.4 is 0 Å². The van der Waals surface area contributed by atoms with Crippen LogP contribution in [0.4, 0.5) is 0 Å². The van der Waals surface area contributed by atoms with E-state index >= 15 is 0 Å². The van der Waals surface area contributed by atoms with Crippen molar-refractivity contribution in [3.8, 4) is 0 Å². The summed E-state index contributed by atoms with van der Waals surface area (Å²) in [4.78, 5) is 11.3. The lowest BCUT2D eigenvalue weighted by Crippen LogP contribution is -2.02. The van der Waals surface area contributed by atoms with E-state index in [4.69, 9.17) is 0 Å². The van der Waals surface area contributed by atoms with E-state index in [0.717, 1.165) is 12.1 Å². The molecule has 84 valence electrons. The minimum atomic E-state index is 0.217. The van der Waals surface area contributed by atoms with Crippen LogP contribution in [0.5, 0.6) is 0 Å². The number of hydrogen-bond donors (Lipinski definition) is 0. The fourth-order valence-corrected chi connectivity index (χ4v) is 2.35. The van der Waals surface area contributed by atoms with Gasteiger partial charge < -0.3 is 4.57 Å². The van der Waals surface area contributed by atoms with Crippen molar-refractivity contribution in [3.05, 3.63) is 35.5 Å². The molecule has 0 radical (unpaired) electrons. The number of fused-ring (bicyclic) bond motifs is 1. The minimum Gasteiger partial charge on any atom is -0.345 e. The zero-order valence-electron chi connectivity index (χ0n) is 10.1. The van der Waals surface area contributed by atoms with E-state index in [0.29, 0.717) is 6.42 Å². The molecule has 0 fully saturated rings. The summed E-state index contributed by atoms with van der Waals surface area (Å²) in [5, 5.41) is 1.23. The largest absolute Gasteiger partial charge is 0.345 e. The highest BCUT2D eigenvalue weighted by molar-refractivity contribution is 5.89.